The maximum absolute atomic E-state index is 12.5. The number of benzene rings is 1. The molecule has 1 saturated heterocycles. The maximum Gasteiger partial charge on any atom is 0.255 e. The Morgan fingerprint density at radius 2 is 2.19 bits per heavy atom. The number of hydrogen-bond acceptors (Lipinski definition) is 5. The van der Waals surface area contributed by atoms with Crippen LogP contribution in [0.3, 0.4) is 0 Å². The molecule has 1 fully saturated rings. The Balaban J connectivity index is 2.31. The Hall–Kier alpha value is -2.57. The summed E-state index contributed by atoms with van der Waals surface area (Å²) >= 11 is 0. The summed E-state index contributed by atoms with van der Waals surface area (Å²) in [6, 6.07) is 3.49. The molecule has 112 valence electrons. The lowest BCUT2D eigenvalue weighted by molar-refractivity contribution is -0.138. The molecule has 1 aromatic rings. The Bertz CT molecular complexity index is 599. The molecule has 1 heterocycles. The van der Waals surface area contributed by atoms with E-state index in [0.717, 1.165) is 0 Å². The fraction of sp³-hybridized carbons (Fsp3) is 0.357. The molecule has 21 heavy (non-hydrogen) atoms. The summed E-state index contributed by atoms with van der Waals surface area (Å²) in [4.78, 5) is 36.9. The van der Waals surface area contributed by atoms with Crippen molar-refractivity contribution in [3.8, 4) is 11.5 Å². The smallest absolute Gasteiger partial charge is 0.255 e. The van der Waals surface area contributed by atoms with Crippen LogP contribution in [0.1, 0.15) is 23.7 Å². The minimum absolute atomic E-state index is 0.177. The van der Waals surface area contributed by atoms with Gasteiger partial charge in [-0.1, -0.05) is 6.92 Å². The van der Waals surface area contributed by atoms with Crippen LogP contribution < -0.4 is 10.1 Å². The van der Waals surface area contributed by atoms with E-state index < -0.39 is 23.8 Å². The molecule has 7 nitrogen and oxygen atoms in total. The number of ether oxygens (including phenoxy) is 1. The molecule has 1 aliphatic heterocycles. The highest BCUT2D eigenvalue weighted by Gasteiger charge is 2.36. The molecular weight excluding hydrogens is 276 g/mol. The highest BCUT2D eigenvalue weighted by molar-refractivity contribution is 6.07. The van der Waals surface area contributed by atoms with Gasteiger partial charge in [-0.2, -0.15) is 0 Å². The van der Waals surface area contributed by atoms with E-state index in [0.29, 0.717) is 6.42 Å². The molecule has 7 heteroatoms. The number of hydrogen-bond donors (Lipinski definition) is 2. The Morgan fingerprint density at radius 1 is 1.48 bits per heavy atom. The summed E-state index contributed by atoms with van der Waals surface area (Å²) in [7, 11) is 1.40. The Kier molecular flexibility index (Phi) is 4.11. The molecule has 0 spiro atoms. The normalized spacial score (nSPS) is 18.4. The van der Waals surface area contributed by atoms with E-state index in [1.807, 2.05) is 0 Å². The first kappa shape index (κ1) is 14.8. The SMILES string of the molecule is CCC1C(=O)NC(=O)CN1C(=O)c1ccc(OC)c(O)c1. The summed E-state index contributed by atoms with van der Waals surface area (Å²) in [5.41, 5.74) is 0.189. The van der Waals surface area contributed by atoms with Gasteiger partial charge in [0.15, 0.2) is 11.5 Å². The van der Waals surface area contributed by atoms with Gasteiger partial charge >= 0.3 is 0 Å². The summed E-state index contributed by atoms with van der Waals surface area (Å²) in [5.74, 6) is -1.42. The molecule has 1 atom stereocenters. The van der Waals surface area contributed by atoms with Crippen molar-refractivity contribution in [2.75, 3.05) is 13.7 Å². The van der Waals surface area contributed by atoms with Gasteiger partial charge in [-0.25, -0.2) is 0 Å². The number of amides is 3. The molecule has 2 N–H and O–H groups in total. The second-order valence-electron chi connectivity index (χ2n) is 4.66. The third-order valence-electron chi connectivity index (χ3n) is 3.33. The standard InChI is InChI=1S/C14H16N2O5/c1-3-9-13(19)15-12(18)7-16(9)14(20)8-4-5-11(21-2)10(17)6-8/h4-6,9,17H,3,7H2,1-2H3,(H,15,18,19). The van der Waals surface area contributed by atoms with Crippen molar-refractivity contribution >= 4 is 17.7 Å². The van der Waals surface area contributed by atoms with Gasteiger partial charge in [0.25, 0.3) is 5.91 Å². The van der Waals surface area contributed by atoms with Crippen molar-refractivity contribution in [3.05, 3.63) is 23.8 Å². The number of nitrogens with one attached hydrogen (secondary N) is 1. The lowest BCUT2D eigenvalue weighted by atomic mass is 10.1. The third kappa shape index (κ3) is 2.81. The molecular formula is C14H16N2O5. The molecule has 0 aromatic heterocycles. The fourth-order valence-corrected chi connectivity index (χ4v) is 2.27. The minimum Gasteiger partial charge on any atom is -0.504 e. The van der Waals surface area contributed by atoms with Gasteiger partial charge < -0.3 is 14.7 Å². The zero-order valence-electron chi connectivity index (χ0n) is 11.8. The van der Waals surface area contributed by atoms with Gasteiger partial charge in [0.1, 0.15) is 12.6 Å². The number of methoxy groups -OCH3 is 1. The van der Waals surface area contributed by atoms with Crippen LogP contribution in [-0.4, -0.2) is 47.4 Å². The van der Waals surface area contributed by atoms with Crippen molar-refractivity contribution in [1.29, 1.82) is 0 Å². The van der Waals surface area contributed by atoms with E-state index in [1.54, 1.807) is 6.92 Å². The van der Waals surface area contributed by atoms with Crippen LogP contribution in [0.15, 0.2) is 18.2 Å². The first-order valence-corrected chi connectivity index (χ1v) is 6.49. The van der Waals surface area contributed by atoms with Gasteiger partial charge in [0.05, 0.1) is 7.11 Å². The Morgan fingerprint density at radius 3 is 2.76 bits per heavy atom. The van der Waals surface area contributed by atoms with Crippen molar-refractivity contribution in [2.45, 2.75) is 19.4 Å². The monoisotopic (exact) mass is 292 g/mol. The van der Waals surface area contributed by atoms with Crippen molar-refractivity contribution < 1.29 is 24.2 Å². The van der Waals surface area contributed by atoms with E-state index in [1.165, 1.54) is 30.2 Å². The van der Waals surface area contributed by atoms with Crippen molar-refractivity contribution in [2.24, 2.45) is 0 Å². The molecule has 0 aliphatic carbocycles. The summed E-state index contributed by atoms with van der Waals surface area (Å²) < 4.78 is 4.91. The lowest BCUT2D eigenvalue weighted by Gasteiger charge is -2.33. The number of rotatable bonds is 3. The van der Waals surface area contributed by atoms with E-state index >= 15 is 0 Å². The van der Waals surface area contributed by atoms with Crippen LogP contribution in [0.4, 0.5) is 0 Å². The molecule has 2 rings (SSSR count). The number of phenols is 1. The zero-order valence-corrected chi connectivity index (χ0v) is 11.8. The van der Waals surface area contributed by atoms with Gasteiger partial charge in [0, 0.05) is 5.56 Å². The number of imide groups is 1. The first-order valence-electron chi connectivity index (χ1n) is 6.49. The van der Waals surface area contributed by atoms with Gasteiger partial charge in [0.2, 0.25) is 11.8 Å². The second-order valence-corrected chi connectivity index (χ2v) is 4.66. The molecule has 0 radical (unpaired) electrons. The van der Waals surface area contributed by atoms with E-state index in [9.17, 15) is 19.5 Å². The van der Waals surface area contributed by atoms with E-state index in [2.05, 4.69) is 5.32 Å². The fourth-order valence-electron chi connectivity index (χ4n) is 2.27. The number of piperazine rings is 1. The average Bonchev–Trinajstić information content (AvgIpc) is 2.45. The average molecular weight is 292 g/mol. The van der Waals surface area contributed by atoms with Crippen LogP contribution in [0.2, 0.25) is 0 Å². The highest BCUT2D eigenvalue weighted by atomic mass is 16.5. The Labute approximate surface area is 121 Å². The molecule has 1 aliphatic rings. The van der Waals surface area contributed by atoms with Gasteiger partial charge in [-0.05, 0) is 24.6 Å². The van der Waals surface area contributed by atoms with Crippen LogP contribution >= 0.6 is 0 Å². The predicted octanol–water partition coefficient (Wildman–Crippen LogP) is 0.278. The van der Waals surface area contributed by atoms with Crippen molar-refractivity contribution in [3.63, 3.8) is 0 Å². The summed E-state index contributed by atoms with van der Waals surface area (Å²) in [6.07, 6.45) is 0.396. The number of carbonyl (C=O) groups is 3. The minimum atomic E-state index is -0.695. The highest BCUT2D eigenvalue weighted by Crippen LogP contribution is 2.27. The van der Waals surface area contributed by atoms with E-state index in [-0.39, 0.29) is 23.6 Å². The van der Waals surface area contributed by atoms with Crippen LogP contribution in [0, 0.1) is 0 Å². The lowest BCUT2D eigenvalue weighted by Crippen LogP contribution is -2.59. The molecule has 0 bridgehead atoms. The summed E-state index contributed by atoms with van der Waals surface area (Å²) in [5, 5.41) is 11.9. The number of carbonyl (C=O) groups excluding carboxylic acids is 3. The topological polar surface area (TPSA) is 95.9 Å². The van der Waals surface area contributed by atoms with Gasteiger partial charge in [-0.15, -0.1) is 0 Å². The number of aromatic hydroxyl groups is 1. The van der Waals surface area contributed by atoms with Crippen LogP contribution in [-0.2, 0) is 9.59 Å². The first-order chi connectivity index (χ1) is 9.97. The summed E-state index contributed by atoms with van der Waals surface area (Å²) in [6.45, 7) is 1.57. The third-order valence-corrected chi connectivity index (χ3v) is 3.33. The van der Waals surface area contributed by atoms with Crippen LogP contribution in [0.25, 0.3) is 0 Å². The molecule has 1 unspecified atom stereocenters. The number of nitrogens with zero attached hydrogens (tertiary/aromatic N) is 1. The number of phenolic OH excluding ortho intramolecular Hbond substituents is 1. The molecule has 1 aromatic carbocycles. The van der Waals surface area contributed by atoms with Crippen LogP contribution in [0.5, 0.6) is 11.5 Å². The second kappa shape index (κ2) is 5.82. The predicted molar refractivity (Wildman–Crippen MR) is 72.9 cm³/mol. The largest absolute Gasteiger partial charge is 0.504 e. The van der Waals surface area contributed by atoms with E-state index in [4.69, 9.17) is 4.74 Å². The molecule has 3 amide bonds. The molecule has 0 saturated carbocycles. The quantitative estimate of drug-likeness (QED) is 0.780. The van der Waals surface area contributed by atoms with Gasteiger partial charge in [-0.3, -0.25) is 19.7 Å². The zero-order chi connectivity index (χ0) is 15.6. The van der Waals surface area contributed by atoms with Crippen molar-refractivity contribution in [1.82, 2.24) is 10.2 Å². The maximum atomic E-state index is 12.5.